The predicted molar refractivity (Wildman–Crippen MR) is 112 cm³/mol. The molecule has 1 heterocycles. The summed E-state index contributed by atoms with van der Waals surface area (Å²) in [6.07, 6.45) is 0. The number of para-hydroxylation sites is 2. The number of H-pyrrole nitrogens is 1. The number of benzene rings is 3. The van der Waals surface area contributed by atoms with Gasteiger partial charge in [0.25, 0.3) is 0 Å². The minimum atomic E-state index is -0.262. The van der Waals surface area contributed by atoms with Crippen LogP contribution in [0.3, 0.4) is 0 Å². The van der Waals surface area contributed by atoms with Gasteiger partial charge in [-0.25, -0.2) is 4.79 Å². The van der Waals surface area contributed by atoms with Crippen LogP contribution in [0.1, 0.15) is 11.1 Å². The monoisotopic (exact) mass is 355 g/mol. The average molecular weight is 355 g/mol. The second-order valence-corrected chi connectivity index (χ2v) is 6.68. The van der Waals surface area contributed by atoms with Crippen molar-refractivity contribution in [2.24, 2.45) is 0 Å². The van der Waals surface area contributed by atoms with E-state index in [4.69, 9.17) is 0 Å². The maximum atomic E-state index is 12.7. The standard InChI is InChI=1S/C23H21N3O/c1-15-11-13-17(14-12-15)21-22(18-8-4-6-10-20(18)24-21)26-23(27)25-19-9-5-3-7-16(19)2/h3-14,24H,1-2H3,(H2,25,26,27). The number of urea groups is 1. The number of aromatic amines is 1. The lowest BCUT2D eigenvalue weighted by Crippen LogP contribution is -2.20. The molecule has 0 aliphatic carbocycles. The largest absolute Gasteiger partial charge is 0.353 e. The van der Waals surface area contributed by atoms with Crippen LogP contribution in [0.15, 0.2) is 72.8 Å². The van der Waals surface area contributed by atoms with E-state index in [0.29, 0.717) is 0 Å². The molecule has 0 atom stereocenters. The van der Waals surface area contributed by atoms with Crippen LogP contribution >= 0.6 is 0 Å². The van der Waals surface area contributed by atoms with E-state index in [-0.39, 0.29) is 6.03 Å². The molecule has 0 aliphatic heterocycles. The Morgan fingerprint density at radius 1 is 0.815 bits per heavy atom. The van der Waals surface area contributed by atoms with Crippen LogP contribution in [-0.4, -0.2) is 11.0 Å². The molecule has 0 radical (unpaired) electrons. The molecule has 0 aliphatic rings. The smallest absolute Gasteiger partial charge is 0.323 e. The predicted octanol–water partition coefficient (Wildman–Crippen LogP) is 6.10. The van der Waals surface area contributed by atoms with Crippen molar-refractivity contribution in [1.82, 2.24) is 4.98 Å². The number of anilines is 2. The van der Waals surface area contributed by atoms with Gasteiger partial charge in [-0.15, -0.1) is 0 Å². The van der Waals surface area contributed by atoms with Crippen molar-refractivity contribution in [3.05, 3.63) is 83.9 Å². The van der Waals surface area contributed by atoms with E-state index in [1.54, 1.807) is 0 Å². The van der Waals surface area contributed by atoms with Gasteiger partial charge in [0.05, 0.1) is 11.4 Å². The maximum Gasteiger partial charge on any atom is 0.323 e. The highest BCUT2D eigenvalue weighted by Gasteiger charge is 2.15. The topological polar surface area (TPSA) is 56.9 Å². The number of carbonyl (C=O) groups is 1. The van der Waals surface area contributed by atoms with E-state index in [2.05, 4.69) is 46.8 Å². The summed E-state index contributed by atoms with van der Waals surface area (Å²) >= 11 is 0. The van der Waals surface area contributed by atoms with Crippen molar-refractivity contribution >= 4 is 28.3 Å². The van der Waals surface area contributed by atoms with Crippen LogP contribution in [0.4, 0.5) is 16.2 Å². The van der Waals surface area contributed by atoms with Crippen LogP contribution < -0.4 is 10.6 Å². The van der Waals surface area contributed by atoms with E-state index in [1.807, 2.05) is 55.5 Å². The summed E-state index contributed by atoms with van der Waals surface area (Å²) < 4.78 is 0. The first-order valence-corrected chi connectivity index (χ1v) is 8.93. The van der Waals surface area contributed by atoms with Gasteiger partial charge in [-0.2, -0.15) is 0 Å². The number of rotatable bonds is 3. The Labute approximate surface area is 158 Å². The molecule has 0 saturated heterocycles. The maximum absolute atomic E-state index is 12.7. The van der Waals surface area contributed by atoms with Gasteiger partial charge >= 0.3 is 6.03 Å². The normalized spacial score (nSPS) is 10.7. The molecule has 4 nitrogen and oxygen atoms in total. The fraction of sp³-hybridized carbons (Fsp3) is 0.0870. The van der Waals surface area contributed by atoms with Crippen molar-refractivity contribution < 1.29 is 4.79 Å². The molecule has 0 fully saturated rings. The van der Waals surface area contributed by atoms with E-state index >= 15 is 0 Å². The summed E-state index contributed by atoms with van der Waals surface area (Å²) in [5.41, 5.74) is 6.71. The molecule has 0 unspecified atom stereocenters. The van der Waals surface area contributed by atoms with Gasteiger partial charge < -0.3 is 15.6 Å². The summed E-state index contributed by atoms with van der Waals surface area (Å²) in [6, 6.07) is 23.7. The molecule has 27 heavy (non-hydrogen) atoms. The Kier molecular flexibility index (Phi) is 4.38. The van der Waals surface area contributed by atoms with Gasteiger partial charge in [0, 0.05) is 22.2 Å². The molecule has 4 aromatic rings. The van der Waals surface area contributed by atoms with Crippen LogP contribution in [-0.2, 0) is 0 Å². The van der Waals surface area contributed by atoms with Gasteiger partial charge in [0.2, 0.25) is 0 Å². The van der Waals surface area contributed by atoms with Gasteiger partial charge in [-0.05, 0) is 31.5 Å². The van der Waals surface area contributed by atoms with Crippen molar-refractivity contribution in [2.45, 2.75) is 13.8 Å². The molecule has 1 aromatic heterocycles. The second-order valence-electron chi connectivity index (χ2n) is 6.68. The fourth-order valence-corrected chi connectivity index (χ4v) is 3.19. The number of carbonyl (C=O) groups excluding carboxylic acids is 1. The lowest BCUT2D eigenvalue weighted by Gasteiger charge is -2.11. The SMILES string of the molecule is Cc1ccc(-c2[nH]c3ccccc3c2NC(=O)Nc2ccccc2C)cc1. The van der Waals surface area contributed by atoms with Gasteiger partial charge in [0.1, 0.15) is 0 Å². The molecule has 0 saturated carbocycles. The first-order chi connectivity index (χ1) is 13.1. The summed E-state index contributed by atoms with van der Waals surface area (Å²) in [6.45, 7) is 4.03. The molecule has 134 valence electrons. The van der Waals surface area contributed by atoms with Crippen LogP contribution in [0, 0.1) is 13.8 Å². The van der Waals surface area contributed by atoms with Crippen LogP contribution in [0.25, 0.3) is 22.2 Å². The van der Waals surface area contributed by atoms with Crippen molar-refractivity contribution in [3.63, 3.8) is 0 Å². The van der Waals surface area contributed by atoms with E-state index < -0.39 is 0 Å². The molecule has 4 heteroatoms. The molecular formula is C23H21N3O. The molecule has 0 spiro atoms. The summed E-state index contributed by atoms with van der Waals surface area (Å²) in [4.78, 5) is 16.1. The highest BCUT2D eigenvalue weighted by Crippen LogP contribution is 2.35. The third kappa shape index (κ3) is 3.42. The van der Waals surface area contributed by atoms with Crippen LogP contribution in [0.5, 0.6) is 0 Å². The minimum absolute atomic E-state index is 0.262. The number of aryl methyl sites for hydroxylation is 2. The summed E-state index contributed by atoms with van der Waals surface area (Å²) in [7, 11) is 0. The molecule has 3 aromatic carbocycles. The first kappa shape index (κ1) is 16.9. The first-order valence-electron chi connectivity index (χ1n) is 8.93. The van der Waals surface area contributed by atoms with Crippen molar-refractivity contribution in [3.8, 4) is 11.3 Å². The highest BCUT2D eigenvalue weighted by atomic mass is 16.2. The Hall–Kier alpha value is -3.53. The number of hydrogen-bond donors (Lipinski definition) is 3. The van der Waals surface area contributed by atoms with E-state index in [0.717, 1.165) is 39.1 Å². The Bertz CT molecular complexity index is 1110. The zero-order chi connectivity index (χ0) is 18.8. The van der Waals surface area contributed by atoms with Gasteiger partial charge in [-0.3, -0.25) is 0 Å². The Morgan fingerprint density at radius 3 is 2.30 bits per heavy atom. The molecular weight excluding hydrogens is 334 g/mol. The lowest BCUT2D eigenvalue weighted by molar-refractivity contribution is 0.262. The zero-order valence-electron chi connectivity index (χ0n) is 15.3. The number of aromatic nitrogens is 1. The quantitative estimate of drug-likeness (QED) is 0.409. The Balaban J connectivity index is 1.71. The molecule has 2 amide bonds. The fourth-order valence-electron chi connectivity index (χ4n) is 3.19. The molecule has 0 bridgehead atoms. The third-order valence-corrected chi connectivity index (χ3v) is 4.68. The Morgan fingerprint density at radius 2 is 1.52 bits per heavy atom. The van der Waals surface area contributed by atoms with Crippen molar-refractivity contribution in [1.29, 1.82) is 0 Å². The zero-order valence-corrected chi connectivity index (χ0v) is 15.3. The number of hydrogen-bond acceptors (Lipinski definition) is 1. The van der Waals surface area contributed by atoms with Gasteiger partial charge in [-0.1, -0.05) is 66.2 Å². The number of amides is 2. The molecule has 4 rings (SSSR count). The van der Waals surface area contributed by atoms with Crippen molar-refractivity contribution in [2.75, 3.05) is 10.6 Å². The highest BCUT2D eigenvalue weighted by molar-refractivity contribution is 6.10. The number of nitrogens with one attached hydrogen (secondary N) is 3. The minimum Gasteiger partial charge on any atom is -0.353 e. The average Bonchev–Trinajstić information content (AvgIpc) is 3.03. The summed E-state index contributed by atoms with van der Waals surface area (Å²) in [5, 5.41) is 6.96. The van der Waals surface area contributed by atoms with E-state index in [1.165, 1.54) is 5.56 Å². The third-order valence-electron chi connectivity index (χ3n) is 4.68. The van der Waals surface area contributed by atoms with Gasteiger partial charge in [0.15, 0.2) is 0 Å². The molecule has 3 N–H and O–H groups in total. The van der Waals surface area contributed by atoms with Crippen LogP contribution in [0.2, 0.25) is 0 Å². The number of fused-ring (bicyclic) bond motifs is 1. The van der Waals surface area contributed by atoms with E-state index in [9.17, 15) is 4.79 Å². The summed E-state index contributed by atoms with van der Waals surface area (Å²) in [5.74, 6) is 0. The second kappa shape index (κ2) is 7.00. The lowest BCUT2D eigenvalue weighted by atomic mass is 10.1.